The smallest absolute Gasteiger partial charge is 0.269 e. The first kappa shape index (κ1) is 18.1. The van der Waals surface area contributed by atoms with Gasteiger partial charge in [-0.05, 0) is 24.5 Å². The standard InChI is InChI=1S/C18H24N6O2/c1-22(2)18-19-9-6-17(21-18)20-15-7-10-23(11-8-15)13-14-4-3-5-16(12-14)24(25)26/h3-6,9,12,15H,7-8,10-11,13H2,1-2H3,(H,19,20,21). The van der Waals surface area contributed by atoms with Crippen LogP contribution in [0.15, 0.2) is 36.5 Å². The second-order valence-corrected chi connectivity index (χ2v) is 6.76. The average Bonchev–Trinajstić information content (AvgIpc) is 2.64. The zero-order valence-electron chi connectivity index (χ0n) is 15.1. The number of nitro benzene ring substituents is 1. The highest BCUT2D eigenvalue weighted by Crippen LogP contribution is 2.20. The molecule has 2 heterocycles. The van der Waals surface area contributed by atoms with Gasteiger partial charge in [-0.3, -0.25) is 15.0 Å². The van der Waals surface area contributed by atoms with E-state index >= 15 is 0 Å². The molecule has 1 aliphatic heterocycles. The quantitative estimate of drug-likeness (QED) is 0.628. The molecule has 0 radical (unpaired) electrons. The first-order chi connectivity index (χ1) is 12.5. The average molecular weight is 356 g/mol. The molecule has 0 atom stereocenters. The van der Waals surface area contributed by atoms with Crippen molar-refractivity contribution in [3.05, 3.63) is 52.2 Å². The molecule has 8 nitrogen and oxygen atoms in total. The maximum atomic E-state index is 10.9. The van der Waals surface area contributed by atoms with Gasteiger partial charge in [0.05, 0.1) is 4.92 Å². The van der Waals surface area contributed by atoms with Crippen molar-refractivity contribution in [1.29, 1.82) is 0 Å². The lowest BCUT2D eigenvalue weighted by molar-refractivity contribution is -0.384. The molecule has 0 bridgehead atoms. The van der Waals surface area contributed by atoms with E-state index in [2.05, 4.69) is 20.2 Å². The predicted octanol–water partition coefficient (Wildman–Crippen LogP) is 2.53. The molecule has 138 valence electrons. The summed E-state index contributed by atoms with van der Waals surface area (Å²) >= 11 is 0. The van der Waals surface area contributed by atoms with Crippen molar-refractivity contribution in [2.75, 3.05) is 37.4 Å². The van der Waals surface area contributed by atoms with Gasteiger partial charge in [0.2, 0.25) is 5.95 Å². The Morgan fingerprint density at radius 3 is 2.77 bits per heavy atom. The summed E-state index contributed by atoms with van der Waals surface area (Å²) in [6, 6.07) is 9.15. The van der Waals surface area contributed by atoms with Gasteiger partial charge in [0.25, 0.3) is 5.69 Å². The summed E-state index contributed by atoms with van der Waals surface area (Å²) in [5.74, 6) is 1.54. The number of nitrogens with zero attached hydrogens (tertiary/aromatic N) is 5. The Balaban J connectivity index is 1.52. The van der Waals surface area contributed by atoms with Crippen LogP contribution in [0.2, 0.25) is 0 Å². The zero-order chi connectivity index (χ0) is 18.5. The van der Waals surface area contributed by atoms with Gasteiger partial charge in [0.15, 0.2) is 0 Å². The van der Waals surface area contributed by atoms with E-state index in [1.54, 1.807) is 18.3 Å². The third-order valence-corrected chi connectivity index (χ3v) is 4.51. The monoisotopic (exact) mass is 356 g/mol. The highest BCUT2D eigenvalue weighted by Gasteiger charge is 2.20. The maximum absolute atomic E-state index is 10.9. The molecule has 0 spiro atoms. The van der Waals surface area contributed by atoms with E-state index < -0.39 is 0 Å². The summed E-state index contributed by atoms with van der Waals surface area (Å²) in [4.78, 5) is 23.5. The van der Waals surface area contributed by atoms with Crippen LogP contribution in [-0.2, 0) is 6.54 Å². The zero-order valence-corrected chi connectivity index (χ0v) is 15.1. The minimum absolute atomic E-state index is 0.152. The van der Waals surface area contributed by atoms with Crippen molar-refractivity contribution >= 4 is 17.5 Å². The molecule has 1 N–H and O–H groups in total. The number of anilines is 2. The van der Waals surface area contributed by atoms with Crippen molar-refractivity contribution in [2.45, 2.75) is 25.4 Å². The van der Waals surface area contributed by atoms with Crippen molar-refractivity contribution in [1.82, 2.24) is 14.9 Å². The molecule has 1 aromatic heterocycles. The van der Waals surface area contributed by atoms with E-state index in [1.807, 2.05) is 31.1 Å². The van der Waals surface area contributed by atoms with Crippen LogP contribution in [0.5, 0.6) is 0 Å². The molecule has 0 aliphatic carbocycles. The Morgan fingerprint density at radius 1 is 1.31 bits per heavy atom. The number of non-ortho nitro benzene ring substituents is 1. The van der Waals surface area contributed by atoms with Crippen molar-refractivity contribution in [3.8, 4) is 0 Å². The van der Waals surface area contributed by atoms with Crippen LogP contribution in [0.4, 0.5) is 17.5 Å². The van der Waals surface area contributed by atoms with E-state index in [0.717, 1.165) is 43.9 Å². The van der Waals surface area contributed by atoms with Gasteiger partial charge in [-0.25, -0.2) is 4.98 Å². The lowest BCUT2D eigenvalue weighted by atomic mass is 10.0. The number of aromatic nitrogens is 2. The van der Waals surface area contributed by atoms with Gasteiger partial charge in [-0.2, -0.15) is 4.98 Å². The van der Waals surface area contributed by atoms with Crippen LogP contribution in [0.1, 0.15) is 18.4 Å². The summed E-state index contributed by atoms with van der Waals surface area (Å²) in [5, 5.41) is 14.4. The predicted molar refractivity (Wildman–Crippen MR) is 101 cm³/mol. The number of hydrogen-bond donors (Lipinski definition) is 1. The molecule has 26 heavy (non-hydrogen) atoms. The number of rotatable bonds is 6. The SMILES string of the molecule is CN(C)c1nccc(NC2CCN(Cc3cccc([N+](=O)[O-])c3)CC2)n1. The van der Waals surface area contributed by atoms with Gasteiger partial charge in [-0.15, -0.1) is 0 Å². The number of piperidine rings is 1. The Kier molecular flexibility index (Phi) is 5.62. The van der Waals surface area contributed by atoms with Gasteiger partial charge >= 0.3 is 0 Å². The summed E-state index contributed by atoms with van der Waals surface area (Å²) < 4.78 is 0. The molecule has 8 heteroatoms. The lowest BCUT2D eigenvalue weighted by Crippen LogP contribution is -2.38. The van der Waals surface area contributed by atoms with Crippen LogP contribution in [0.3, 0.4) is 0 Å². The van der Waals surface area contributed by atoms with Gasteiger partial charge in [0.1, 0.15) is 5.82 Å². The number of benzene rings is 1. The van der Waals surface area contributed by atoms with Gasteiger partial charge < -0.3 is 10.2 Å². The van der Waals surface area contributed by atoms with Crippen LogP contribution in [0.25, 0.3) is 0 Å². The van der Waals surface area contributed by atoms with E-state index in [9.17, 15) is 10.1 Å². The van der Waals surface area contributed by atoms with Crippen molar-refractivity contribution < 1.29 is 4.92 Å². The molecule has 1 aliphatic rings. The topological polar surface area (TPSA) is 87.4 Å². The minimum atomic E-state index is -0.344. The van der Waals surface area contributed by atoms with Crippen LogP contribution in [0, 0.1) is 10.1 Å². The highest BCUT2D eigenvalue weighted by atomic mass is 16.6. The Hall–Kier alpha value is -2.74. The second kappa shape index (κ2) is 8.09. The molecular weight excluding hydrogens is 332 g/mol. The van der Waals surface area contributed by atoms with Crippen LogP contribution < -0.4 is 10.2 Å². The number of nitro groups is 1. The first-order valence-electron chi connectivity index (χ1n) is 8.74. The van der Waals surface area contributed by atoms with Gasteiger partial charge in [0, 0.05) is 58.1 Å². The summed E-state index contributed by atoms with van der Waals surface area (Å²) in [6.07, 6.45) is 3.79. The fourth-order valence-electron chi connectivity index (χ4n) is 3.12. The summed E-state index contributed by atoms with van der Waals surface area (Å²) in [7, 11) is 3.84. The lowest BCUT2D eigenvalue weighted by Gasteiger charge is -2.32. The molecule has 2 aromatic rings. The fourth-order valence-corrected chi connectivity index (χ4v) is 3.12. The van der Waals surface area contributed by atoms with E-state index in [1.165, 1.54) is 6.07 Å². The Labute approximate surface area is 153 Å². The largest absolute Gasteiger partial charge is 0.367 e. The Morgan fingerprint density at radius 2 is 2.08 bits per heavy atom. The Bertz CT molecular complexity index is 759. The van der Waals surface area contributed by atoms with Crippen molar-refractivity contribution in [3.63, 3.8) is 0 Å². The minimum Gasteiger partial charge on any atom is -0.367 e. The molecule has 0 amide bonds. The molecule has 0 saturated carbocycles. The second-order valence-electron chi connectivity index (χ2n) is 6.76. The number of likely N-dealkylation sites (tertiary alicyclic amines) is 1. The molecular formula is C18H24N6O2. The summed E-state index contributed by atoms with van der Waals surface area (Å²) in [5.41, 5.74) is 1.14. The first-order valence-corrected chi connectivity index (χ1v) is 8.74. The molecule has 3 rings (SSSR count). The highest BCUT2D eigenvalue weighted by molar-refractivity contribution is 5.41. The third kappa shape index (κ3) is 4.66. The number of hydrogen-bond acceptors (Lipinski definition) is 7. The third-order valence-electron chi connectivity index (χ3n) is 4.51. The van der Waals surface area contributed by atoms with E-state index in [4.69, 9.17) is 0 Å². The van der Waals surface area contributed by atoms with Crippen LogP contribution in [-0.4, -0.2) is 53.0 Å². The van der Waals surface area contributed by atoms with E-state index in [-0.39, 0.29) is 10.6 Å². The fraction of sp³-hybridized carbons (Fsp3) is 0.444. The molecule has 1 saturated heterocycles. The normalized spacial score (nSPS) is 15.6. The number of nitrogens with one attached hydrogen (secondary N) is 1. The van der Waals surface area contributed by atoms with Gasteiger partial charge in [-0.1, -0.05) is 12.1 Å². The molecule has 1 aromatic carbocycles. The van der Waals surface area contributed by atoms with Crippen molar-refractivity contribution in [2.24, 2.45) is 0 Å². The molecule has 1 fully saturated rings. The van der Waals surface area contributed by atoms with Crippen LogP contribution >= 0.6 is 0 Å². The summed E-state index contributed by atoms with van der Waals surface area (Å²) in [6.45, 7) is 2.64. The maximum Gasteiger partial charge on any atom is 0.269 e. The molecule has 0 unspecified atom stereocenters. The van der Waals surface area contributed by atoms with E-state index in [0.29, 0.717) is 12.0 Å².